The van der Waals surface area contributed by atoms with Gasteiger partial charge < -0.3 is 9.13 Å². The first-order valence-corrected chi connectivity index (χ1v) is 45.6. The van der Waals surface area contributed by atoms with E-state index in [1.165, 1.54) is 119 Å². The fraction of sp³-hybridized carbons (Fsp3) is 0.0248. The summed E-state index contributed by atoms with van der Waals surface area (Å²) in [6.07, 6.45) is 0. The number of rotatable bonds is 11. The Morgan fingerprint density at radius 3 is 1.20 bits per heavy atom. The standard InChI is InChI=1S/C43H27N5.C43H31N3.C35H22N2S/c1-4-16-28(17-5-1)41-44-42(29-18-6-2-7-19-29)46-43(45-41)48-36-27-15-13-25-34(36)38-32-23-11-10-22-31(32)37-33-24-12-14-26-35(33)47(39(37)40(38)48)30-20-8-3-9-21-30;1-43(2)36-19-11-9-17-32(36)34-26-41-35(25-37(34)43)33-18-10-12-20-40(33)46(41)31-23-21-29(22-24-31)39-27-38(28-13-5-3-6-14-28)44-42(45-39)30-15-7-4-8-16-30;1-3-11-23(12-4-1)25-21-30(24-13-5-2-6-14-24)36-33(22-25)37-31-17-9-7-15-26(31)28-19-20-29-27-16-8-10-18-32(27)38-35(29)34(28)37/h1-27H;3-27H,1-2H3;1-22H. The van der Waals surface area contributed by atoms with Crippen LogP contribution in [0, 0.1) is 0 Å². The Morgan fingerprint density at radius 2 is 0.629 bits per heavy atom. The van der Waals surface area contributed by atoms with Crippen molar-refractivity contribution in [2.75, 3.05) is 0 Å². The minimum absolute atomic E-state index is 0.0419. The van der Waals surface area contributed by atoms with E-state index in [0.717, 1.165) is 106 Å². The molecule has 10 nitrogen and oxygen atoms in total. The summed E-state index contributed by atoms with van der Waals surface area (Å²) in [7, 11) is 0. The summed E-state index contributed by atoms with van der Waals surface area (Å²) >= 11 is 1.87. The molecule has 0 saturated carbocycles. The van der Waals surface area contributed by atoms with Crippen LogP contribution in [0.15, 0.2) is 449 Å². The van der Waals surface area contributed by atoms with Crippen molar-refractivity contribution < 1.29 is 0 Å². The van der Waals surface area contributed by atoms with Crippen molar-refractivity contribution in [2.24, 2.45) is 0 Å². The minimum Gasteiger partial charge on any atom is -0.309 e. The number of fused-ring (bicyclic) bond motifs is 23. The molecule has 0 aliphatic heterocycles. The summed E-state index contributed by atoms with van der Waals surface area (Å²) in [4.78, 5) is 30.8. The van der Waals surface area contributed by atoms with Crippen molar-refractivity contribution in [1.82, 2.24) is 48.2 Å². The Kier molecular flexibility index (Phi) is 18.6. The molecule has 26 aromatic rings. The van der Waals surface area contributed by atoms with Gasteiger partial charge in [0.25, 0.3) is 0 Å². The van der Waals surface area contributed by atoms with Crippen LogP contribution in [0.2, 0.25) is 0 Å². The molecule has 0 unspecified atom stereocenters. The van der Waals surface area contributed by atoms with Crippen molar-refractivity contribution >= 4 is 130 Å². The highest BCUT2D eigenvalue weighted by Crippen LogP contribution is 2.53. The fourth-order valence-corrected chi connectivity index (χ4v) is 21.5. The van der Waals surface area contributed by atoms with E-state index in [2.05, 4.69) is 420 Å². The van der Waals surface area contributed by atoms with Crippen LogP contribution in [0.5, 0.6) is 0 Å². The first-order chi connectivity index (χ1) is 65.3. The third-order valence-corrected chi connectivity index (χ3v) is 27.6. The molecule has 0 saturated heterocycles. The SMILES string of the molecule is CC1(C)c2ccccc2-c2cc3c(cc21)c1ccccc1n3-c1ccc(-c2cc(-c3ccccc3)nc(-c3ccccc3)n2)cc1.c1ccc(-c2cc(-c3ccccc3)nc(-n3c4ccccc4c4ccc5c6ccccc6sc5c43)c2)cc1.c1ccc(-c2nc(-c3ccccc3)nc(-n3c4ccccc4c4c5ccccc5c5c6ccccc6n(-c6ccccc6)c5c43)n2)cc1. The van der Waals surface area contributed by atoms with Gasteiger partial charge in [-0.2, -0.15) is 9.97 Å². The van der Waals surface area contributed by atoms with Gasteiger partial charge in [-0.3, -0.25) is 9.13 Å². The van der Waals surface area contributed by atoms with Crippen molar-refractivity contribution in [3.05, 3.63) is 460 Å². The van der Waals surface area contributed by atoms with E-state index in [9.17, 15) is 0 Å². The number of para-hydroxylation sites is 5. The third-order valence-electron chi connectivity index (χ3n) is 26.4. The molecule has 8 heterocycles. The van der Waals surface area contributed by atoms with E-state index in [0.29, 0.717) is 17.6 Å². The summed E-state index contributed by atoms with van der Waals surface area (Å²) in [5, 5.41) is 14.8. The molecule has 0 radical (unpaired) electrons. The maximum atomic E-state index is 5.30. The van der Waals surface area contributed by atoms with Gasteiger partial charge in [-0.1, -0.05) is 378 Å². The highest BCUT2D eigenvalue weighted by molar-refractivity contribution is 7.26. The predicted molar refractivity (Wildman–Crippen MR) is 549 cm³/mol. The highest BCUT2D eigenvalue weighted by Gasteiger charge is 2.37. The van der Waals surface area contributed by atoms with Crippen LogP contribution in [0.1, 0.15) is 25.0 Å². The van der Waals surface area contributed by atoms with Crippen LogP contribution in [0.3, 0.4) is 0 Å². The third kappa shape index (κ3) is 12.9. The second-order valence-electron chi connectivity index (χ2n) is 34.3. The van der Waals surface area contributed by atoms with Crippen molar-refractivity contribution in [3.8, 4) is 113 Å². The molecular weight excluding hydrogens is 1630 g/mol. The van der Waals surface area contributed by atoms with E-state index in [4.69, 9.17) is 29.9 Å². The van der Waals surface area contributed by atoms with Gasteiger partial charge in [-0.05, 0) is 129 Å². The van der Waals surface area contributed by atoms with Gasteiger partial charge in [0.15, 0.2) is 17.5 Å². The fourth-order valence-electron chi connectivity index (χ4n) is 20.3. The molecule has 0 fully saturated rings. The van der Waals surface area contributed by atoms with Gasteiger partial charge in [-0.25, -0.2) is 19.9 Å². The largest absolute Gasteiger partial charge is 0.309 e. The van der Waals surface area contributed by atoms with Crippen molar-refractivity contribution in [1.29, 1.82) is 0 Å². The number of hydrogen-bond acceptors (Lipinski definition) is 7. The van der Waals surface area contributed by atoms with Gasteiger partial charge in [0.1, 0.15) is 5.82 Å². The van der Waals surface area contributed by atoms with Crippen LogP contribution >= 0.6 is 11.3 Å². The molecule has 11 heteroatoms. The van der Waals surface area contributed by atoms with Crippen molar-refractivity contribution in [3.63, 3.8) is 0 Å². The summed E-state index contributed by atoms with van der Waals surface area (Å²) in [6, 6.07) is 159. The van der Waals surface area contributed by atoms with Gasteiger partial charge in [0.05, 0.1) is 65.9 Å². The number of nitrogens with zero attached hydrogens (tertiary/aromatic N) is 10. The average molecular weight is 1710 g/mol. The average Bonchev–Trinajstić information content (AvgIpc) is 1.52. The van der Waals surface area contributed by atoms with Gasteiger partial charge in [0, 0.05) is 109 Å². The molecule has 8 aromatic heterocycles. The van der Waals surface area contributed by atoms with Crippen molar-refractivity contribution in [2.45, 2.75) is 19.3 Å². The summed E-state index contributed by atoms with van der Waals surface area (Å²) in [6.45, 7) is 4.70. The first-order valence-electron chi connectivity index (χ1n) is 44.8. The summed E-state index contributed by atoms with van der Waals surface area (Å²) < 4.78 is 12.1. The topological polar surface area (TPSA) is 97.1 Å². The van der Waals surface area contributed by atoms with Gasteiger partial charge in [-0.15, -0.1) is 11.3 Å². The normalized spacial score (nSPS) is 12.2. The van der Waals surface area contributed by atoms with Crippen LogP contribution in [-0.2, 0) is 5.41 Å². The second-order valence-corrected chi connectivity index (χ2v) is 35.4. The van der Waals surface area contributed by atoms with Crippen LogP contribution in [0.4, 0.5) is 0 Å². The van der Waals surface area contributed by atoms with E-state index in [1.807, 2.05) is 72.0 Å². The molecule has 0 amide bonds. The van der Waals surface area contributed by atoms with E-state index in [1.54, 1.807) is 0 Å². The Balaban J connectivity index is 0.000000107. The summed E-state index contributed by atoms with van der Waals surface area (Å²) in [5.41, 5.74) is 28.1. The Morgan fingerprint density at radius 1 is 0.220 bits per heavy atom. The molecule has 0 atom stereocenters. The smallest absolute Gasteiger partial charge is 0.238 e. The lowest BCUT2D eigenvalue weighted by atomic mass is 9.82. The van der Waals surface area contributed by atoms with Crippen LogP contribution in [0.25, 0.3) is 231 Å². The first kappa shape index (κ1) is 77.2. The molecule has 0 N–H and O–H groups in total. The zero-order chi connectivity index (χ0) is 87.5. The number of pyridine rings is 1. The molecular formula is C121H80N10S. The molecule has 1 aliphatic rings. The van der Waals surface area contributed by atoms with E-state index < -0.39 is 0 Å². The zero-order valence-corrected chi connectivity index (χ0v) is 72.9. The molecule has 1 aliphatic carbocycles. The van der Waals surface area contributed by atoms with Gasteiger partial charge >= 0.3 is 0 Å². The van der Waals surface area contributed by atoms with Crippen LogP contribution in [-0.4, -0.2) is 48.2 Å². The molecule has 18 aromatic carbocycles. The lowest BCUT2D eigenvalue weighted by Gasteiger charge is -2.21. The predicted octanol–water partition coefficient (Wildman–Crippen LogP) is 31.3. The van der Waals surface area contributed by atoms with E-state index >= 15 is 0 Å². The molecule has 0 spiro atoms. The monoisotopic (exact) mass is 1700 g/mol. The minimum atomic E-state index is -0.0419. The van der Waals surface area contributed by atoms with Crippen LogP contribution < -0.4 is 0 Å². The Labute approximate surface area is 764 Å². The van der Waals surface area contributed by atoms with E-state index in [-0.39, 0.29) is 5.41 Å². The molecule has 27 rings (SSSR count). The maximum Gasteiger partial charge on any atom is 0.238 e. The Hall–Kier alpha value is -17.1. The highest BCUT2D eigenvalue weighted by atomic mass is 32.1. The maximum absolute atomic E-state index is 5.30. The number of aromatic nitrogens is 10. The zero-order valence-electron chi connectivity index (χ0n) is 72.1. The number of benzene rings is 18. The lowest BCUT2D eigenvalue weighted by Crippen LogP contribution is -2.14. The van der Waals surface area contributed by atoms with Gasteiger partial charge in [0.2, 0.25) is 5.95 Å². The quantitative estimate of drug-likeness (QED) is 0.128. The lowest BCUT2D eigenvalue weighted by molar-refractivity contribution is 0.661. The second kappa shape index (κ2) is 31.7. The Bertz CT molecular complexity index is 8840. The molecule has 0 bridgehead atoms. The summed E-state index contributed by atoms with van der Waals surface area (Å²) in [5.74, 6) is 3.49. The number of thiophene rings is 1. The molecule has 620 valence electrons. The molecule has 132 heavy (non-hydrogen) atoms. The number of hydrogen-bond donors (Lipinski definition) is 0.